The Labute approximate surface area is 167 Å². The Morgan fingerprint density at radius 3 is 2.11 bits per heavy atom. The van der Waals surface area contributed by atoms with E-state index in [9.17, 15) is 9.59 Å². The fraction of sp³-hybridized carbons (Fsp3) is 0.391. The van der Waals surface area contributed by atoms with Gasteiger partial charge in [0.2, 0.25) is 11.8 Å². The molecule has 0 aliphatic heterocycles. The molecule has 0 fully saturated rings. The van der Waals surface area contributed by atoms with Crippen LogP contribution in [0.25, 0.3) is 0 Å². The first-order valence-corrected chi connectivity index (χ1v) is 9.66. The van der Waals surface area contributed by atoms with Crippen molar-refractivity contribution in [3.8, 4) is 5.75 Å². The van der Waals surface area contributed by atoms with Gasteiger partial charge in [-0.25, -0.2) is 0 Å². The van der Waals surface area contributed by atoms with Crippen molar-refractivity contribution in [1.29, 1.82) is 0 Å². The first kappa shape index (κ1) is 21.5. The Hall–Kier alpha value is -2.82. The number of hydrogen-bond acceptors (Lipinski definition) is 3. The van der Waals surface area contributed by atoms with E-state index >= 15 is 0 Å². The Morgan fingerprint density at radius 2 is 1.54 bits per heavy atom. The van der Waals surface area contributed by atoms with E-state index in [0.717, 1.165) is 5.56 Å². The number of ether oxygens (including phenoxy) is 1. The monoisotopic (exact) mass is 382 g/mol. The van der Waals surface area contributed by atoms with Crippen molar-refractivity contribution in [2.75, 3.05) is 11.4 Å². The second kappa shape index (κ2) is 9.93. The average molecular weight is 383 g/mol. The van der Waals surface area contributed by atoms with Gasteiger partial charge in [0.25, 0.3) is 0 Å². The summed E-state index contributed by atoms with van der Waals surface area (Å²) in [6, 6.07) is 17.2. The van der Waals surface area contributed by atoms with E-state index in [1.807, 2.05) is 82.3 Å². The summed E-state index contributed by atoms with van der Waals surface area (Å²) in [6.07, 6.45) is -0.0316. The molecule has 2 amide bonds. The van der Waals surface area contributed by atoms with Gasteiger partial charge in [-0.15, -0.1) is 0 Å². The first-order chi connectivity index (χ1) is 13.3. The molecule has 0 atom stereocenters. The Morgan fingerprint density at radius 1 is 0.929 bits per heavy atom. The molecular formula is C23H30N2O3. The van der Waals surface area contributed by atoms with Gasteiger partial charge in [0, 0.05) is 19.5 Å². The van der Waals surface area contributed by atoms with E-state index in [4.69, 9.17) is 4.74 Å². The van der Waals surface area contributed by atoms with Crippen LogP contribution in [0.2, 0.25) is 0 Å². The number of nitrogens with zero attached hydrogens (tertiary/aromatic N) is 2. The molecule has 0 heterocycles. The molecule has 0 saturated heterocycles. The molecule has 0 radical (unpaired) electrons. The number of carbonyl (C=O) groups is 2. The van der Waals surface area contributed by atoms with Crippen molar-refractivity contribution < 1.29 is 14.3 Å². The van der Waals surface area contributed by atoms with Crippen molar-refractivity contribution in [3.05, 3.63) is 60.2 Å². The highest BCUT2D eigenvalue weighted by Crippen LogP contribution is 2.29. The van der Waals surface area contributed by atoms with E-state index in [2.05, 4.69) is 0 Å². The molecule has 5 nitrogen and oxygen atoms in total. The van der Waals surface area contributed by atoms with Crippen LogP contribution in [0.1, 0.15) is 40.2 Å². The van der Waals surface area contributed by atoms with Crippen LogP contribution in [0.4, 0.5) is 5.69 Å². The lowest BCUT2D eigenvalue weighted by atomic mass is 10.2. The summed E-state index contributed by atoms with van der Waals surface area (Å²) in [5, 5.41) is 0. The standard InChI is InChI=1S/C23H30N2O3/c1-17(2)24(15-20-11-7-6-8-12-20)23(27)16-25(19(5)26)21-13-9-10-14-22(21)28-18(3)4/h6-14,17-18H,15-16H2,1-5H3. The van der Waals surface area contributed by atoms with E-state index in [0.29, 0.717) is 18.0 Å². The number of carbonyl (C=O) groups excluding carboxylic acids is 2. The highest BCUT2D eigenvalue weighted by Gasteiger charge is 2.24. The van der Waals surface area contributed by atoms with Crippen molar-refractivity contribution >= 4 is 17.5 Å². The summed E-state index contributed by atoms with van der Waals surface area (Å²) >= 11 is 0. The van der Waals surface area contributed by atoms with Gasteiger partial charge in [0.15, 0.2) is 0 Å². The van der Waals surface area contributed by atoms with Crippen LogP contribution in [-0.2, 0) is 16.1 Å². The number of hydrogen-bond donors (Lipinski definition) is 0. The molecule has 2 rings (SSSR count). The normalized spacial score (nSPS) is 10.8. The summed E-state index contributed by atoms with van der Waals surface area (Å²) in [6.45, 7) is 9.77. The molecule has 28 heavy (non-hydrogen) atoms. The minimum absolute atomic E-state index is 0.0173. The molecular weight excluding hydrogens is 352 g/mol. The smallest absolute Gasteiger partial charge is 0.243 e. The third-order valence-electron chi connectivity index (χ3n) is 4.33. The largest absolute Gasteiger partial charge is 0.489 e. The number of amides is 2. The van der Waals surface area contributed by atoms with Gasteiger partial charge in [-0.2, -0.15) is 0 Å². The number of benzene rings is 2. The Balaban J connectivity index is 2.25. The van der Waals surface area contributed by atoms with Crippen LogP contribution in [0, 0.1) is 0 Å². The molecule has 0 aromatic heterocycles. The lowest BCUT2D eigenvalue weighted by Crippen LogP contribution is -2.45. The summed E-state index contributed by atoms with van der Waals surface area (Å²) < 4.78 is 5.84. The third kappa shape index (κ3) is 5.84. The Kier molecular flexibility index (Phi) is 7.61. The van der Waals surface area contributed by atoms with E-state index in [1.54, 1.807) is 4.90 Å². The van der Waals surface area contributed by atoms with Crippen molar-refractivity contribution in [3.63, 3.8) is 0 Å². The molecule has 0 bridgehead atoms. The maximum atomic E-state index is 13.1. The number of para-hydroxylation sites is 2. The molecule has 5 heteroatoms. The zero-order valence-corrected chi connectivity index (χ0v) is 17.4. The summed E-state index contributed by atoms with van der Waals surface area (Å²) in [5.41, 5.74) is 1.67. The minimum Gasteiger partial charge on any atom is -0.489 e. The van der Waals surface area contributed by atoms with E-state index in [1.165, 1.54) is 11.8 Å². The summed E-state index contributed by atoms with van der Waals surface area (Å²) in [7, 11) is 0. The Bertz CT molecular complexity index is 787. The van der Waals surface area contributed by atoms with Gasteiger partial charge in [-0.05, 0) is 45.4 Å². The number of rotatable bonds is 8. The van der Waals surface area contributed by atoms with Crippen molar-refractivity contribution in [2.45, 2.75) is 53.3 Å². The second-order valence-corrected chi connectivity index (χ2v) is 7.34. The van der Waals surface area contributed by atoms with Gasteiger partial charge >= 0.3 is 0 Å². The molecule has 0 N–H and O–H groups in total. The highest BCUT2D eigenvalue weighted by molar-refractivity contribution is 5.98. The van der Waals surface area contributed by atoms with Crippen LogP contribution in [0.3, 0.4) is 0 Å². The van der Waals surface area contributed by atoms with Gasteiger partial charge in [-0.1, -0.05) is 42.5 Å². The van der Waals surface area contributed by atoms with Crippen LogP contribution in [0.15, 0.2) is 54.6 Å². The summed E-state index contributed by atoms with van der Waals surface area (Å²) in [4.78, 5) is 28.7. The molecule has 0 unspecified atom stereocenters. The SMILES string of the molecule is CC(=O)N(CC(=O)N(Cc1ccccc1)C(C)C)c1ccccc1OC(C)C. The summed E-state index contributed by atoms with van der Waals surface area (Å²) in [5.74, 6) is 0.296. The molecule has 0 aliphatic rings. The molecule has 0 spiro atoms. The average Bonchev–Trinajstić information content (AvgIpc) is 2.64. The van der Waals surface area contributed by atoms with Crippen LogP contribution >= 0.6 is 0 Å². The van der Waals surface area contributed by atoms with Crippen LogP contribution < -0.4 is 9.64 Å². The van der Waals surface area contributed by atoms with Gasteiger partial charge in [0.1, 0.15) is 12.3 Å². The van der Waals surface area contributed by atoms with Crippen molar-refractivity contribution in [2.24, 2.45) is 0 Å². The van der Waals surface area contributed by atoms with Gasteiger partial charge < -0.3 is 9.64 Å². The first-order valence-electron chi connectivity index (χ1n) is 9.66. The minimum atomic E-state index is -0.198. The number of anilines is 1. The molecule has 0 aliphatic carbocycles. The highest BCUT2D eigenvalue weighted by atomic mass is 16.5. The predicted octanol–water partition coefficient (Wildman–Crippen LogP) is 4.26. The van der Waals surface area contributed by atoms with Gasteiger partial charge in [-0.3, -0.25) is 14.5 Å². The lowest BCUT2D eigenvalue weighted by molar-refractivity contribution is -0.133. The fourth-order valence-electron chi connectivity index (χ4n) is 2.96. The zero-order valence-electron chi connectivity index (χ0n) is 17.4. The van der Waals surface area contributed by atoms with E-state index < -0.39 is 0 Å². The third-order valence-corrected chi connectivity index (χ3v) is 4.33. The predicted molar refractivity (Wildman–Crippen MR) is 112 cm³/mol. The second-order valence-electron chi connectivity index (χ2n) is 7.34. The van der Waals surface area contributed by atoms with Crippen molar-refractivity contribution in [1.82, 2.24) is 4.90 Å². The van der Waals surface area contributed by atoms with Crippen LogP contribution in [0.5, 0.6) is 5.75 Å². The maximum absolute atomic E-state index is 13.1. The van der Waals surface area contributed by atoms with Crippen LogP contribution in [-0.4, -0.2) is 35.4 Å². The quantitative estimate of drug-likeness (QED) is 0.685. The molecule has 2 aromatic rings. The fourth-order valence-corrected chi connectivity index (χ4v) is 2.96. The molecule has 0 saturated carbocycles. The molecule has 150 valence electrons. The van der Waals surface area contributed by atoms with Gasteiger partial charge in [0.05, 0.1) is 11.8 Å². The zero-order chi connectivity index (χ0) is 20.7. The maximum Gasteiger partial charge on any atom is 0.243 e. The topological polar surface area (TPSA) is 49.9 Å². The van der Waals surface area contributed by atoms with E-state index in [-0.39, 0.29) is 30.5 Å². The molecule has 2 aromatic carbocycles. The lowest BCUT2D eigenvalue weighted by Gasteiger charge is -2.31.